The van der Waals surface area contributed by atoms with Crippen LogP contribution in [-0.2, 0) is 4.79 Å². The van der Waals surface area contributed by atoms with Crippen LogP contribution in [0.3, 0.4) is 0 Å². The topological polar surface area (TPSA) is 37.3 Å². The third-order valence-electron chi connectivity index (χ3n) is 4.43. The number of carbonyl (C=O) groups is 1. The van der Waals surface area contributed by atoms with Crippen molar-refractivity contribution in [3.05, 3.63) is 0 Å². The highest BCUT2D eigenvalue weighted by molar-refractivity contribution is 9.09. The number of carboxylic acid groups (broad SMARTS) is 1. The van der Waals surface area contributed by atoms with Crippen molar-refractivity contribution < 1.29 is 9.90 Å². The SMILES string of the molecule is O=C(O)C(CCCCCCCBr)CCC1CCCC1. The summed E-state index contributed by atoms with van der Waals surface area (Å²) in [5.41, 5.74) is 0. The molecule has 3 heteroatoms. The Morgan fingerprint density at radius 2 is 1.68 bits per heavy atom. The summed E-state index contributed by atoms with van der Waals surface area (Å²) in [5.74, 6) is 0.163. The van der Waals surface area contributed by atoms with Crippen LogP contribution in [0.4, 0.5) is 0 Å². The molecule has 1 unspecified atom stereocenters. The van der Waals surface area contributed by atoms with Crippen LogP contribution in [0, 0.1) is 11.8 Å². The maximum atomic E-state index is 11.3. The van der Waals surface area contributed by atoms with Crippen molar-refractivity contribution in [2.45, 2.75) is 77.0 Å². The number of unbranched alkanes of at least 4 members (excludes halogenated alkanes) is 4. The normalized spacial score (nSPS) is 17.7. The van der Waals surface area contributed by atoms with Crippen molar-refractivity contribution in [2.75, 3.05) is 5.33 Å². The first-order chi connectivity index (χ1) is 9.24. The highest BCUT2D eigenvalue weighted by atomic mass is 79.9. The van der Waals surface area contributed by atoms with E-state index in [1.807, 2.05) is 0 Å². The summed E-state index contributed by atoms with van der Waals surface area (Å²) in [4.78, 5) is 11.3. The van der Waals surface area contributed by atoms with E-state index >= 15 is 0 Å². The van der Waals surface area contributed by atoms with Gasteiger partial charge < -0.3 is 5.11 Å². The molecule has 0 bridgehead atoms. The van der Waals surface area contributed by atoms with Crippen LogP contribution in [-0.4, -0.2) is 16.4 Å². The number of halogens is 1. The summed E-state index contributed by atoms with van der Waals surface area (Å²) in [7, 11) is 0. The van der Waals surface area contributed by atoms with Crippen LogP contribution in [0.2, 0.25) is 0 Å². The minimum absolute atomic E-state index is 0.0863. The largest absolute Gasteiger partial charge is 0.481 e. The molecule has 1 aliphatic carbocycles. The van der Waals surface area contributed by atoms with E-state index in [9.17, 15) is 9.90 Å². The monoisotopic (exact) mass is 332 g/mol. The van der Waals surface area contributed by atoms with E-state index in [2.05, 4.69) is 15.9 Å². The van der Waals surface area contributed by atoms with Crippen molar-refractivity contribution >= 4 is 21.9 Å². The molecule has 0 aliphatic heterocycles. The summed E-state index contributed by atoms with van der Waals surface area (Å²) >= 11 is 3.44. The van der Waals surface area contributed by atoms with Gasteiger partial charge in [0, 0.05) is 5.33 Å². The summed E-state index contributed by atoms with van der Waals surface area (Å²) in [6.45, 7) is 0. The van der Waals surface area contributed by atoms with Gasteiger partial charge in [0.2, 0.25) is 0 Å². The minimum Gasteiger partial charge on any atom is -0.481 e. The third kappa shape index (κ3) is 7.96. The molecule has 2 nitrogen and oxygen atoms in total. The van der Waals surface area contributed by atoms with Crippen molar-refractivity contribution in [3.63, 3.8) is 0 Å². The zero-order valence-corrected chi connectivity index (χ0v) is 13.7. The summed E-state index contributed by atoms with van der Waals surface area (Å²) < 4.78 is 0. The zero-order chi connectivity index (χ0) is 13.9. The molecule has 0 aromatic rings. The molecule has 0 radical (unpaired) electrons. The van der Waals surface area contributed by atoms with Crippen LogP contribution in [0.1, 0.15) is 77.0 Å². The molecular weight excluding hydrogens is 304 g/mol. The van der Waals surface area contributed by atoms with E-state index in [4.69, 9.17) is 0 Å². The molecular formula is C16H29BrO2. The lowest BCUT2D eigenvalue weighted by Gasteiger charge is -2.15. The Morgan fingerprint density at radius 3 is 2.32 bits per heavy atom. The molecule has 1 atom stereocenters. The Bertz CT molecular complexity index is 237. The smallest absolute Gasteiger partial charge is 0.306 e. The average molecular weight is 333 g/mol. The second kappa shape index (κ2) is 10.7. The second-order valence-electron chi connectivity index (χ2n) is 6.01. The minimum atomic E-state index is -0.571. The predicted molar refractivity (Wildman–Crippen MR) is 83.8 cm³/mol. The number of carboxylic acids is 1. The van der Waals surface area contributed by atoms with Gasteiger partial charge in [-0.15, -0.1) is 0 Å². The van der Waals surface area contributed by atoms with Crippen LogP contribution < -0.4 is 0 Å². The fraction of sp³-hybridized carbons (Fsp3) is 0.938. The number of rotatable bonds is 11. The van der Waals surface area contributed by atoms with Gasteiger partial charge in [-0.25, -0.2) is 0 Å². The molecule has 0 aromatic heterocycles. The number of alkyl halides is 1. The van der Waals surface area contributed by atoms with Crippen molar-refractivity contribution in [1.29, 1.82) is 0 Å². The summed E-state index contributed by atoms with van der Waals surface area (Å²) in [6.07, 6.45) is 14.3. The molecule has 1 rings (SSSR count). The fourth-order valence-corrected chi connectivity index (χ4v) is 3.54. The lowest BCUT2D eigenvalue weighted by atomic mass is 9.91. The van der Waals surface area contributed by atoms with Crippen LogP contribution >= 0.6 is 15.9 Å². The molecule has 0 heterocycles. The van der Waals surface area contributed by atoms with Crippen molar-refractivity contribution in [2.24, 2.45) is 11.8 Å². The molecule has 1 aliphatic rings. The standard InChI is InChI=1S/C16H29BrO2/c17-13-7-3-1-2-4-10-15(16(18)19)12-11-14-8-5-6-9-14/h14-15H,1-13H2,(H,18,19). The van der Waals surface area contributed by atoms with Crippen molar-refractivity contribution in [3.8, 4) is 0 Å². The maximum absolute atomic E-state index is 11.3. The molecule has 0 aromatic carbocycles. The average Bonchev–Trinajstić information content (AvgIpc) is 2.89. The van der Waals surface area contributed by atoms with E-state index in [1.165, 1.54) is 51.4 Å². The molecule has 112 valence electrons. The Hall–Kier alpha value is -0.0500. The second-order valence-corrected chi connectivity index (χ2v) is 6.80. The number of hydrogen-bond acceptors (Lipinski definition) is 1. The molecule has 1 saturated carbocycles. The lowest BCUT2D eigenvalue weighted by Crippen LogP contribution is -2.15. The van der Waals surface area contributed by atoms with Gasteiger partial charge >= 0.3 is 5.97 Å². The molecule has 0 amide bonds. The maximum Gasteiger partial charge on any atom is 0.306 e. The molecule has 19 heavy (non-hydrogen) atoms. The van der Waals surface area contributed by atoms with E-state index in [1.54, 1.807) is 0 Å². The van der Waals surface area contributed by atoms with Crippen LogP contribution in [0.15, 0.2) is 0 Å². The fourth-order valence-electron chi connectivity index (χ4n) is 3.14. The first-order valence-electron chi connectivity index (χ1n) is 8.02. The van der Waals surface area contributed by atoms with Gasteiger partial charge in [-0.05, 0) is 31.6 Å². The predicted octanol–water partition coefficient (Wildman–Crippen LogP) is 5.39. The Morgan fingerprint density at radius 1 is 1.05 bits per heavy atom. The Balaban J connectivity index is 2.08. The lowest BCUT2D eigenvalue weighted by molar-refractivity contribution is -0.142. The molecule has 1 N–H and O–H groups in total. The van der Waals surface area contributed by atoms with E-state index in [-0.39, 0.29) is 5.92 Å². The van der Waals surface area contributed by atoms with Gasteiger partial charge in [-0.1, -0.05) is 67.3 Å². The Labute approximate surface area is 126 Å². The molecule has 1 fully saturated rings. The molecule has 0 saturated heterocycles. The highest BCUT2D eigenvalue weighted by Crippen LogP contribution is 2.30. The first-order valence-corrected chi connectivity index (χ1v) is 9.15. The summed E-state index contributed by atoms with van der Waals surface area (Å²) in [6, 6.07) is 0. The van der Waals surface area contributed by atoms with E-state index in [0.717, 1.165) is 36.9 Å². The van der Waals surface area contributed by atoms with Crippen LogP contribution in [0.25, 0.3) is 0 Å². The van der Waals surface area contributed by atoms with E-state index < -0.39 is 5.97 Å². The van der Waals surface area contributed by atoms with Gasteiger partial charge in [0.05, 0.1) is 5.92 Å². The van der Waals surface area contributed by atoms with Crippen LogP contribution in [0.5, 0.6) is 0 Å². The quantitative estimate of drug-likeness (QED) is 0.406. The first kappa shape index (κ1) is 17.0. The highest BCUT2D eigenvalue weighted by Gasteiger charge is 2.21. The van der Waals surface area contributed by atoms with Gasteiger partial charge in [0.15, 0.2) is 0 Å². The zero-order valence-electron chi connectivity index (χ0n) is 12.1. The van der Waals surface area contributed by atoms with Gasteiger partial charge in [0.25, 0.3) is 0 Å². The third-order valence-corrected chi connectivity index (χ3v) is 4.99. The number of aliphatic carboxylic acids is 1. The number of hydrogen-bond donors (Lipinski definition) is 1. The van der Waals surface area contributed by atoms with Gasteiger partial charge in [0.1, 0.15) is 0 Å². The molecule has 0 spiro atoms. The van der Waals surface area contributed by atoms with Gasteiger partial charge in [-0.2, -0.15) is 0 Å². The van der Waals surface area contributed by atoms with E-state index in [0.29, 0.717) is 0 Å². The summed E-state index contributed by atoms with van der Waals surface area (Å²) in [5, 5.41) is 10.4. The Kier molecular flexibility index (Phi) is 9.58. The van der Waals surface area contributed by atoms with Crippen molar-refractivity contribution in [1.82, 2.24) is 0 Å². The van der Waals surface area contributed by atoms with Gasteiger partial charge in [-0.3, -0.25) is 4.79 Å².